The van der Waals surface area contributed by atoms with Crippen LogP contribution >= 0.6 is 24.0 Å². The van der Waals surface area contributed by atoms with Gasteiger partial charge in [0.1, 0.15) is 10.9 Å². The van der Waals surface area contributed by atoms with Gasteiger partial charge in [0, 0.05) is 23.3 Å². The zero-order chi connectivity index (χ0) is 25.5. The number of hydrogen-bond donors (Lipinski definition) is 1. The van der Waals surface area contributed by atoms with Crippen molar-refractivity contribution < 1.29 is 19.4 Å². The number of aliphatic hydroxyl groups excluding tert-OH is 1. The summed E-state index contributed by atoms with van der Waals surface area (Å²) < 4.78 is 5.22. The van der Waals surface area contributed by atoms with Gasteiger partial charge >= 0.3 is 0 Å². The number of ether oxygens (including phenoxy) is 1. The molecule has 2 heterocycles. The topological polar surface area (TPSA) is 70.1 Å². The molecule has 0 bridgehead atoms. The molecule has 8 heteroatoms. The number of fused-ring (bicyclic) bond motifs is 4. The van der Waals surface area contributed by atoms with Crippen molar-refractivity contribution in [1.29, 1.82) is 0 Å². The van der Waals surface area contributed by atoms with Crippen LogP contribution in [0.4, 0.5) is 11.4 Å². The Kier molecular flexibility index (Phi) is 6.48. The lowest BCUT2D eigenvalue weighted by molar-refractivity contribution is -0.130. The van der Waals surface area contributed by atoms with Gasteiger partial charge in [-0.3, -0.25) is 14.5 Å². The van der Waals surface area contributed by atoms with E-state index in [-0.39, 0.29) is 25.7 Å². The normalized spacial score (nSPS) is 21.7. The van der Waals surface area contributed by atoms with Gasteiger partial charge in [0.2, 0.25) is 0 Å². The van der Waals surface area contributed by atoms with Crippen LogP contribution in [0, 0.1) is 0 Å². The average Bonchev–Trinajstić information content (AvgIpc) is 3.57. The largest absolute Gasteiger partial charge is 0.466 e. The molecule has 188 valence electrons. The Labute approximate surface area is 224 Å². The van der Waals surface area contributed by atoms with Gasteiger partial charge in [0.05, 0.1) is 18.1 Å². The molecule has 1 saturated heterocycles. The first-order valence-electron chi connectivity index (χ1n) is 12.4. The molecule has 0 aromatic heterocycles. The average molecular weight is 531 g/mol. The van der Waals surface area contributed by atoms with E-state index in [0.29, 0.717) is 27.7 Å². The highest BCUT2D eigenvalue weighted by Crippen LogP contribution is 2.53. The molecule has 37 heavy (non-hydrogen) atoms. The molecular weight excluding hydrogens is 504 g/mol. The van der Waals surface area contributed by atoms with E-state index in [1.54, 1.807) is 0 Å². The number of amides is 1. The standard InChI is InChI=1S/C29H26N2O4S2/c32-16-19-4-6-21-15-22(8-7-20(21)12-19)31-25-3-1-2-23(25)24-13-18(5-9-26(24)31)14-27-28(34)30(29(36)37-27)10-11-35-17-33/h4-9,12-15,17,23,25,32H,1-3,10-11,16H2/b27-14+. The Morgan fingerprint density at radius 1 is 1.08 bits per heavy atom. The molecule has 3 aromatic carbocycles. The van der Waals surface area contributed by atoms with Crippen molar-refractivity contribution in [3.63, 3.8) is 0 Å². The van der Waals surface area contributed by atoms with Crippen molar-refractivity contribution >= 4 is 68.9 Å². The summed E-state index contributed by atoms with van der Waals surface area (Å²) in [6, 6.07) is 19.6. The van der Waals surface area contributed by atoms with Crippen molar-refractivity contribution in [3.8, 4) is 0 Å². The van der Waals surface area contributed by atoms with Crippen LogP contribution in [0.5, 0.6) is 0 Å². The third kappa shape index (κ3) is 4.33. The predicted octanol–water partition coefficient (Wildman–Crippen LogP) is 5.49. The Balaban J connectivity index is 1.31. The number of thiocarbonyl (C=S) groups is 1. The smallest absolute Gasteiger partial charge is 0.293 e. The molecule has 1 saturated carbocycles. The highest BCUT2D eigenvalue weighted by atomic mass is 32.2. The molecule has 6 rings (SSSR count). The number of anilines is 2. The number of hydrogen-bond acceptors (Lipinski definition) is 7. The number of carbonyl (C=O) groups is 2. The summed E-state index contributed by atoms with van der Waals surface area (Å²) in [5, 5.41) is 11.8. The van der Waals surface area contributed by atoms with E-state index in [1.165, 1.54) is 40.0 Å². The maximum atomic E-state index is 12.9. The quantitative estimate of drug-likeness (QED) is 0.187. The summed E-state index contributed by atoms with van der Waals surface area (Å²) in [6.45, 7) is 0.805. The van der Waals surface area contributed by atoms with Gasteiger partial charge in [-0.2, -0.15) is 0 Å². The Bertz CT molecular complexity index is 1450. The van der Waals surface area contributed by atoms with Crippen molar-refractivity contribution in [1.82, 2.24) is 4.90 Å². The first kappa shape index (κ1) is 24.2. The summed E-state index contributed by atoms with van der Waals surface area (Å²) in [6.07, 6.45) is 5.42. The molecule has 2 atom stereocenters. The van der Waals surface area contributed by atoms with Crippen LogP contribution in [0.25, 0.3) is 16.8 Å². The van der Waals surface area contributed by atoms with E-state index in [4.69, 9.17) is 17.0 Å². The Hall–Kier alpha value is -3.20. The monoisotopic (exact) mass is 530 g/mol. The molecule has 1 amide bonds. The van der Waals surface area contributed by atoms with Gasteiger partial charge in [-0.1, -0.05) is 54.7 Å². The third-order valence-electron chi connectivity index (χ3n) is 7.54. The van der Waals surface area contributed by atoms with E-state index in [1.807, 2.05) is 18.2 Å². The van der Waals surface area contributed by atoms with Crippen LogP contribution in [0.3, 0.4) is 0 Å². The second kappa shape index (κ2) is 9.93. The third-order valence-corrected chi connectivity index (χ3v) is 8.92. The van der Waals surface area contributed by atoms with Gasteiger partial charge in [0.15, 0.2) is 0 Å². The van der Waals surface area contributed by atoms with Crippen LogP contribution in [0.2, 0.25) is 0 Å². The maximum Gasteiger partial charge on any atom is 0.293 e. The van der Waals surface area contributed by atoms with Crippen molar-refractivity contribution in [2.24, 2.45) is 0 Å². The fourth-order valence-corrected chi connectivity index (χ4v) is 7.18. The van der Waals surface area contributed by atoms with Crippen molar-refractivity contribution in [2.45, 2.75) is 37.8 Å². The Morgan fingerprint density at radius 3 is 2.76 bits per heavy atom. The molecule has 2 unspecified atom stereocenters. The number of benzene rings is 3. The minimum Gasteiger partial charge on any atom is -0.466 e. The summed E-state index contributed by atoms with van der Waals surface area (Å²) in [5.74, 6) is 0.316. The van der Waals surface area contributed by atoms with Crippen LogP contribution in [-0.2, 0) is 20.9 Å². The molecule has 1 aliphatic carbocycles. The first-order valence-corrected chi connectivity index (χ1v) is 13.7. The summed E-state index contributed by atoms with van der Waals surface area (Å²) in [4.78, 5) is 27.9. The summed E-state index contributed by atoms with van der Waals surface area (Å²) in [5.41, 5.74) is 5.66. The fraction of sp³-hybridized carbons (Fsp3) is 0.276. The lowest BCUT2D eigenvalue weighted by Crippen LogP contribution is -2.31. The van der Waals surface area contributed by atoms with Gasteiger partial charge in [-0.25, -0.2) is 0 Å². The molecular formula is C29H26N2O4S2. The van der Waals surface area contributed by atoms with Gasteiger partial charge < -0.3 is 14.7 Å². The second-order valence-electron chi connectivity index (χ2n) is 9.62. The zero-order valence-electron chi connectivity index (χ0n) is 20.1. The lowest BCUT2D eigenvalue weighted by atomic mass is 9.96. The minimum atomic E-state index is -0.147. The fourth-order valence-electron chi connectivity index (χ4n) is 5.87. The van der Waals surface area contributed by atoms with E-state index in [2.05, 4.69) is 47.4 Å². The Morgan fingerprint density at radius 2 is 1.92 bits per heavy atom. The van der Waals surface area contributed by atoms with Crippen molar-refractivity contribution in [2.75, 3.05) is 18.1 Å². The van der Waals surface area contributed by atoms with E-state index < -0.39 is 0 Å². The predicted molar refractivity (Wildman–Crippen MR) is 151 cm³/mol. The number of aliphatic hydroxyl groups is 1. The van der Waals surface area contributed by atoms with Crippen LogP contribution in [0.1, 0.15) is 41.9 Å². The molecule has 0 spiro atoms. The molecule has 2 fully saturated rings. The van der Waals surface area contributed by atoms with E-state index in [9.17, 15) is 14.7 Å². The molecule has 2 aliphatic heterocycles. The summed E-state index contributed by atoms with van der Waals surface area (Å²) in [7, 11) is 0. The first-order chi connectivity index (χ1) is 18.1. The molecule has 3 aromatic rings. The van der Waals surface area contributed by atoms with Crippen molar-refractivity contribution in [3.05, 3.63) is 76.2 Å². The van der Waals surface area contributed by atoms with E-state index in [0.717, 1.165) is 34.7 Å². The van der Waals surface area contributed by atoms with Crippen LogP contribution in [0.15, 0.2) is 59.5 Å². The van der Waals surface area contributed by atoms with Gasteiger partial charge in [-0.05, 0) is 76.7 Å². The highest BCUT2D eigenvalue weighted by molar-refractivity contribution is 8.26. The number of carbonyl (C=O) groups excluding carboxylic acids is 2. The number of nitrogens with zero attached hydrogens (tertiary/aromatic N) is 2. The second-order valence-corrected chi connectivity index (χ2v) is 11.3. The van der Waals surface area contributed by atoms with Gasteiger partial charge in [0.25, 0.3) is 12.4 Å². The molecule has 1 N–H and O–H groups in total. The minimum absolute atomic E-state index is 0.0436. The van der Waals surface area contributed by atoms with Gasteiger partial charge in [-0.15, -0.1) is 0 Å². The number of thioether (sulfide) groups is 1. The van der Waals surface area contributed by atoms with E-state index >= 15 is 0 Å². The van der Waals surface area contributed by atoms with Crippen LogP contribution in [-0.4, -0.2) is 45.9 Å². The maximum absolute atomic E-state index is 12.9. The molecule has 3 aliphatic rings. The van der Waals surface area contributed by atoms with Crippen LogP contribution < -0.4 is 4.90 Å². The molecule has 0 radical (unpaired) electrons. The zero-order valence-corrected chi connectivity index (χ0v) is 21.8. The highest BCUT2D eigenvalue weighted by Gasteiger charge is 2.42. The molecule has 6 nitrogen and oxygen atoms in total. The number of rotatable bonds is 7. The lowest BCUT2D eigenvalue weighted by Gasteiger charge is -2.27. The summed E-state index contributed by atoms with van der Waals surface area (Å²) >= 11 is 6.67. The SMILES string of the molecule is O=COCCN1C(=O)/C(=C\c2ccc3c(c2)C2CCCC2N3c2ccc3cc(CO)ccc3c2)SC1=S.